The van der Waals surface area contributed by atoms with E-state index in [1.165, 1.54) is 0 Å². The summed E-state index contributed by atoms with van der Waals surface area (Å²) >= 11 is 3.40. The van der Waals surface area contributed by atoms with Crippen LogP contribution in [-0.4, -0.2) is 46.6 Å². The van der Waals surface area contributed by atoms with E-state index in [-0.39, 0.29) is 24.5 Å². The zero-order valence-corrected chi connectivity index (χ0v) is 18.6. The Morgan fingerprint density at radius 1 is 1.33 bits per heavy atom. The molecule has 30 heavy (non-hydrogen) atoms. The normalized spacial score (nSPS) is 17.7. The van der Waals surface area contributed by atoms with Crippen molar-refractivity contribution >= 4 is 41.2 Å². The maximum Gasteiger partial charge on any atom is 0.257 e. The second kappa shape index (κ2) is 9.89. The lowest BCUT2D eigenvalue weighted by atomic mass is 10.2. The average molecular weight is 447 g/mol. The topological polar surface area (TPSA) is 85.2 Å². The summed E-state index contributed by atoms with van der Waals surface area (Å²) in [4.78, 5) is 26.5. The largest absolute Gasteiger partial charge is 0.376 e. The molecule has 2 aliphatic heterocycles. The van der Waals surface area contributed by atoms with Gasteiger partial charge in [0.15, 0.2) is 0 Å². The van der Waals surface area contributed by atoms with E-state index in [4.69, 9.17) is 4.74 Å². The molecule has 2 aliphatic rings. The number of amides is 2. The fourth-order valence-corrected chi connectivity index (χ4v) is 5.49. The molecule has 2 amide bonds. The molecule has 0 unspecified atom stereocenters. The smallest absolute Gasteiger partial charge is 0.257 e. The fraction of sp³-hybridized carbons (Fsp3) is 0.476. The van der Waals surface area contributed by atoms with Crippen LogP contribution in [-0.2, 0) is 27.6 Å². The molecule has 0 spiro atoms. The van der Waals surface area contributed by atoms with Crippen LogP contribution in [0, 0.1) is 0 Å². The summed E-state index contributed by atoms with van der Waals surface area (Å²) in [6, 6.07) is 7.59. The lowest BCUT2D eigenvalue weighted by molar-refractivity contribution is -0.122. The van der Waals surface area contributed by atoms with Crippen molar-refractivity contribution < 1.29 is 14.3 Å². The SMILES string of the molecule is CCSc1ccccc1C(=O)Nc1c2c(nn1CC(=O)NC[C@H]1CCCO1)CSC2. The molecule has 1 fully saturated rings. The van der Waals surface area contributed by atoms with Crippen molar-refractivity contribution in [2.45, 2.75) is 48.8 Å². The standard InChI is InChI=1S/C21H26N4O3S2/c1-2-30-18-8-4-3-7-15(18)21(27)23-20-16-12-29-13-17(16)24-25(20)11-19(26)22-10-14-6-5-9-28-14/h3-4,7-8,14H,2,5-6,9-13H2,1H3,(H,22,26)(H,23,27)/t14-/m1/s1. The number of fused-ring (bicyclic) bond motifs is 1. The highest BCUT2D eigenvalue weighted by atomic mass is 32.2. The minimum atomic E-state index is -0.174. The molecular weight excluding hydrogens is 420 g/mol. The number of hydrogen-bond acceptors (Lipinski definition) is 6. The van der Waals surface area contributed by atoms with Gasteiger partial charge in [-0.2, -0.15) is 16.9 Å². The lowest BCUT2D eigenvalue weighted by Gasteiger charge is -2.14. The van der Waals surface area contributed by atoms with Crippen molar-refractivity contribution in [3.63, 3.8) is 0 Å². The molecule has 0 aliphatic carbocycles. The Morgan fingerprint density at radius 3 is 3.00 bits per heavy atom. The van der Waals surface area contributed by atoms with Gasteiger partial charge in [0.1, 0.15) is 12.4 Å². The highest BCUT2D eigenvalue weighted by Crippen LogP contribution is 2.35. The Labute approximate surface area is 184 Å². The van der Waals surface area contributed by atoms with E-state index in [0.29, 0.717) is 17.9 Å². The third-order valence-electron chi connectivity index (χ3n) is 5.13. The molecule has 160 valence electrons. The first kappa shape index (κ1) is 21.3. The Hall–Kier alpha value is -1.97. The maximum absolute atomic E-state index is 13.1. The van der Waals surface area contributed by atoms with Crippen LogP contribution in [0.4, 0.5) is 5.82 Å². The number of benzene rings is 1. The molecule has 7 nitrogen and oxygen atoms in total. The highest BCUT2D eigenvalue weighted by Gasteiger charge is 2.26. The van der Waals surface area contributed by atoms with E-state index in [9.17, 15) is 9.59 Å². The second-order valence-corrected chi connectivity index (χ2v) is 9.54. The number of ether oxygens (including phenoxy) is 1. The molecule has 9 heteroatoms. The van der Waals surface area contributed by atoms with Crippen LogP contribution in [0.3, 0.4) is 0 Å². The van der Waals surface area contributed by atoms with Crippen LogP contribution in [0.5, 0.6) is 0 Å². The van der Waals surface area contributed by atoms with Gasteiger partial charge >= 0.3 is 0 Å². The van der Waals surface area contributed by atoms with E-state index in [1.54, 1.807) is 28.2 Å². The fourth-order valence-electron chi connectivity index (χ4n) is 3.66. The predicted octanol–water partition coefficient (Wildman–Crippen LogP) is 3.29. The summed E-state index contributed by atoms with van der Waals surface area (Å²) in [7, 11) is 0. The average Bonchev–Trinajstić information content (AvgIpc) is 3.47. The highest BCUT2D eigenvalue weighted by molar-refractivity contribution is 7.99. The summed E-state index contributed by atoms with van der Waals surface area (Å²) in [5.74, 6) is 2.80. The van der Waals surface area contributed by atoms with E-state index >= 15 is 0 Å². The van der Waals surface area contributed by atoms with E-state index in [0.717, 1.165) is 52.9 Å². The number of hydrogen-bond donors (Lipinski definition) is 2. The first-order valence-electron chi connectivity index (χ1n) is 10.2. The molecule has 1 aromatic carbocycles. The molecule has 0 saturated carbocycles. The third-order valence-corrected chi connectivity index (χ3v) is 7.05. The van der Waals surface area contributed by atoms with Gasteiger partial charge in [-0.15, -0.1) is 11.8 Å². The van der Waals surface area contributed by atoms with Gasteiger partial charge in [-0.1, -0.05) is 19.1 Å². The van der Waals surface area contributed by atoms with Gasteiger partial charge in [-0.25, -0.2) is 4.68 Å². The monoisotopic (exact) mass is 446 g/mol. The van der Waals surface area contributed by atoms with Gasteiger partial charge in [-0.3, -0.25) is 9.59 Å². The van der Waals surface area contributed by atoms with Gasteiger partial charge in [-0.05, 0) is 30.7 Å². The number of anilines is 1. The van der Waals surface area contributed by atoms with Crippen LogP contribution >= 0.6 is 23.5 Å². The molecule has 1 saturated heterocycles. The van der Waals surface area contributed by atoms with Crippen molar-refractivity contribution in [3.8, 4) is 0 Å². The van der Waals surface area contributed by atoms with Gasteiger partial charge in [0, 0.05) is 35.1 Å². The van der Waals surface area contributed by atoms with Crippen LogP contribution in [0.15, 0.2) is 29.2 Å². The minimum Gasteiger partial charge on any atom is -0.376 e. The Morgan fingerprint density at radius 2 is 2.20 bits per heavy atom. The second-order valence-electron chi connectivity index (χ2n) is 7.25. The minimum absolute atomic E-state index is 0.0748. The Kier molecular flexibility index (Phi) is 7.01. The van der Waals surface area contributed by atoms with Crippen LogP contribution in [0.2, 0.25) is 0 Å². The summed E-state index contributed by atoms with van der Waals surface area (Å²) < 4.78 is 7.19. The number of rotatable bonds is 8. The molecule has 3 heterocycles. The Bertz CT molecular complexity index is 925. The number of aromatic nitrogens is 2. The zero-order valence-electron chi connectivity index (χ0n) is 17.0. The van der Waals surface area contributed by atoms with Gasteiger partial charge in [0.2, 0.25) is 5.91 Å². The molecule has 2 aromatic rings. The van der Waals surface area contributed by atoms with Crippen molar-refractivity contribution in [2.75, 3.05) is 24.2 Å². The molecule has 0 bridgehead atoms. The number of thioether (sulfide) groups is 2. The third kappa shape index (κ3) is 4.84. The maximum atomic E-state index is 13.1. The summed E-state index contributed by atoms with van der Waals surface area (Å²) in [6.07, 6.45) is 2.11. The van der Waals surface area contributed by atoms with E-state index < -0.39 is 0 Å². The molecular formula is C21H26N4O3S2. The number of carbonyl (C=O) groups excluding carboxylic acids is 2. The quantitative estimate of drug-likeness (QED) is 0.606. The summed E-state index contributed by atoms with van der Waals surface area (Å²) in [6.45, 7) is 3.41. The first-order valence-corrected chi connectivity index (χ1v) is 12.4. The molecule has 2 N–H and O–H groups in total. The van der Waals surface area contributed by atoms with Crippen molar-refractivity contribution in [1.29, 1.82) is 0 Å². The molecule has 0 radical (unpaired) electrons. The van der Waals surface area contributed by atoms with Gasteiger partial charge < -0.3 is 15.4 Å². The summed E-state index contributed by atoms with van der Waals surface area (Å²) in [5, 5.41) is 10.6. The van der Waals surface area contributed by atoms with Crippen molar-refractivity contribution in [2.24, 2.45) is 0 Å². The Balaban J connectivity index is 1.49. The molecule has 1 atom stereocenters. The first-order chi connectivity index (χ1) is 14.7. The summed E-state index contributed by atoms with van der Waals surface area (Å²) in [5.41, 5.74) is 2.60. The van der Waals surface area contributed by atoms with Crippen LogP contribution in [0.1, 0.15) is 41.4 Å². The van der Waals surface area contributed by atoms with Gasteiger partial charge in [0.25, 0.3) is 5.91 Å². The zero-order chi connectivity index (χ0) is 20.9. The van der Waals surface area contributed by atoms with E-state index in [2.05, 4.69) is 22.7 Å². The molecule has 1 aromatic heterocycles. The molecule has 4 rings (SSSR count). The van der Waals surface area contributed by atoms with Crippen LogP contribution < -0.4 is 10.6 Å². The van der Waals surface area contributed by atoms with Crippen molar-refractivity contribution in [3.05, 3.63) is 41.1 Å². The number of nitrogens with zero attached hydrogens (tertiary/aromatic N) is 2. The predicted molar refractivity (Wildman–Crippen MR) is 120 cm³/mol. The lowest BCUT2D eigenvalue weighted by Crippen LogP contribution is -2.34. The van der Waals surface area contributed by atoms with Gasteiger partial charge in [0.05, 0.1) is 17.4 Å². The number of nitrogens with one attached hydrogen (secondary N) is 2. The van der Waals surface area contributed by atoms with Crippen molar-refractivity contribution in [1.82, 2.24) is 15.1 Å². The van der Waals surface area contributed by atoms with Crippen LogP contribution in [0.25, 0.3) is 0 Å². The number of carbonyl (C=O) groups is 2. The van der Waals surface area contributed by atoms with E-state index in [1.807, 2.05) is 24.3 Å².